The summed E-state index contributed by atoms with van der Waals surface area (Å²) in [6, 6.07) is 13.4. The first-order valence-electron chi connectivity index (χ1n) is 7.06. The zero-order valence-corrected chi connectivity index (χ0v) is 13.6. The molecule has 0 radical (unpaired) electrons. The Labute approximate surface area is 134 Å². The van der Waals surface area contributed by atoms with Crippen LogP contribution in [0.2, 0.25) is 5.02 Å². The molecule has 1 nitrogen and oxygen atoms in total. The molecule has 0 saturated heterocycles. The van der Waals surface area contributed by atoms with Gasteiger partial charge in [0.25, 0.3) is 0 Å². The molecule has 21 heavy (non-hydrogen) atoms. The Morgan fingerprint density at radius 3 is 2.62 bits per heavy atom. The van der Waals surface area contributed by atoms with Crippen molar-refractivity contribution < 1.29 is 4.39 Å². The van der Waals surface area contributed by atoms with Crippen LogP contribution in [0.4, 0.5) is 4.39 Å². The summed E-state index contributed by atoms with van der Waals surface area (Å²) >= 11 is 7.62. The number of benzene rings is 2. The summed E-state index contributed by atoms with van der Waals surface area (Å²) in [6.45, 7) is 4.09. The fourth-order valence-corrected chi connectivity index (χ4v) is 3.10. The van der Waals surface area contributed by atoms with Crippen molar-refractivity contribution in [1.82, 2.24) is 5.32 Å². The van der Waals surface area contributed by atoms with Crippen molar-refractivity contribution in [3.8, 4) is 0 Å². The molecule has 1 N–H and O–H groups in total. The fourth-order valence-electron chi connectivity index (χ4n) is 1.93. The molecular formula is C17H19ClFNS. The highest BCUT2D eigenvalue weighted by molar-refractivity contribution is 7.98. The van der Waals surface area contributed by atoms with Crippen LogP contribution in [0.15, 0.2) is 47.4 Å². The molecule has 0 amide bonds. The summed E-state index contributed by atoms with van der Waals surface area (Å²) in [5.74, 6) is 0.316. The Morgan fingerprint density at radius 2 is 1.90 bits per heavy atom. The fraction of sp³-hybridized carbons (Fsp3) is 0.294. The molecule has 0 spiro atoms. The van der Waals surface area contributed by atoms with E-state index in [0.29, 0.717) is 5.75 Å². The first-order chi connectivity index (χ1) is 10.2. The van der Waals surface area contributed by atoms with Crippen LogP contribution in [-0.2, 0) is 12.3 Å². The average Bonchev–Trinajstić information content (AvgIpc) is 2.50. The van der Waals surface area contributed by atoms with Crippen molar-refractivity contribution in [2.24, 2.45) is 0 Å². The highest BCUT2D eigenvalue weighted by atomic mass is 35.5. The topological polar surface area (TPSA) is 12.0 Å². The van der Waals surface area contributed by atoms with Gasteiger partial charge in [0.2, 0.25) is 0 Å². The van der Waals surface area contributed by atoms with E-state index in [9.17, 15) is 4.39 Å². The lowest BCUT2D eigenvalue weighted by molar-refractivity contribution is 0.627. The van der Waals surface area contributed by atoms with Gasteiger partial charge in [0.15, 0.2) is 0 Å². The van der Waals surface area contributed by atoms with Crippen LogP contribution in [0.5, 0.6) is 0 Å². The molecule has 2 aromatic rings. The van der Waals surface area contributed by atoms with Crippen LogP contribution in [0.3, 0.4) is 0 Å². The Balaban J connectivity index is 1.90. The van der Waals surface area contributed by atoms with Gasteiger partial charge in [0.1, 0.15) is 5.82 Å². The van der Waals surface area contributed by atoms with Crippen molar-refractivity contribution in [2.75, 3.05) is 6.54 Å². The van der Waals surface area contributed by atoms with Gasteiger partial charge in [0, 0.05) is 17.2 Å². The molecule has 0 saturated carbocycles. The smallest absolute Gasteiger partial charge is 0.142 e. The van der Waals surface area contributed by atoms with Gasteiger partial charge >= 0.3 is 0 Å². The number of thioether (sulfide) groups is 1. The van der Waals surface area contributed by atoms with E-state index in [1.54, 1.807) is 17.8 Å². The molecule has 0 heterocycles. The van der Waals surface area contributed by atoms with Crippen LogP contribution in [0.1, 0.15) is 24.5 Å². The van der Waals surface area contributed by atoms with E-state index in [4.69, 9.17) is 11.6 Å². The van der Waals surface area contributed by atoms with E-state index < -0.39 is 0 Å². The van der Waals surface area contributed by atoms with Gasteiger partial charge in [-0.3, -0.25) is 0 Å². The Hall–Kier alpha value is -1.03. The molecule has 0 fully saturated rings. The van der Waals surface area contributed by atoms with Gasteiger partial charge in [-0.1, -0.05) is 42.8 Å². The lowest BCUT2D eigenvalue weighted by atomic mass is 10.2. The molecule has 112 valence electrons. The number of rotatable bonds is 7. The maximum atomic E-state index is 13.4. The monoisotopic (exact) mass is 323 g/mol. The third kappa shape index (κ3) is 5.03. The highest BCUT2D eigenvalue weighted by Gasteiger charge is 2.06. The maximum absolute atomic E-state index is 13.4. The summed E-state index contributed by atoms with van der Waals surface area (Å²) in [5.41, 5.74) is 2.10. The second kappa shape index (κ2) is 8.42. The standard InChI is InChI=1S/C17H19ClFNS/c1-2-10-20-11-13-6-8-15(9-7-13)21-12-14-4-3-5-16(19)17(14)18/h3-9,20H,2,10-12H2,1H3. The first-order valence-corrected chi connectivity index (χ1v) is 8.42. The first kappa shape index (κ1) is 16.3. The van der Waals surface area contributed by atoms with E-state index in [0.717, 1.165) is 30.0 Å². The van der Waals surface area contributed by atoms with E-state index in [-0.39, 0.29) is 10.8 Å². The molecule has 0 aliphatic carbocycles. The molecule has 2 rings (SSSR count). The van der Waals surface area contributed by atoms with Gasteiger partial charge in [0.05, 0.1) is 5.02 Å². The molecule has 0 bridgehead atoms. The molecular weight excluding hydrogens is 305 g/mol. The maximum Gasteiger partial charge on any atom is 0.142 e. The third-order valence-corrected chi connectivity index (χ3v) is 4.59. The second-order valence-electron chi connectivity index (χ2n) is 4.82. The summed E-state index contributed by atoms with van der Waals surface area (Å²) in [7, 11) is 0. The minimum atomic E-state index is -0.355. The van der Waals surface area contributed by atoms with Crippen molar-refractivity contribution in [1.29, 1.82) is 0 Å². The molecule has 0 atom stereocenters. The molecule has 0 unspecified atom stereocenters. The third-order valence-electron chi connectivity index (χ3n) is 3.11. The van der Waals surface area contributed by atoms with Crippen molar-refractivity contribution in [3.05, 3.63) is 64.4 Å². The van der Waals surface area contributed by atoms with Gasteiger partial charge in [-0.2, -0.15) is 0 Å². The lowest BCUT2D eigenvalue weighted by Crippen LogP contribution is -2.13. The zero-order valence-electron chi connectivity index (χ0n) is 12.0. The van der Waals surface area contributed by atoms with E-state index in [1.807, 2.05) is 6.07 Å². The van der Waals surface area contributed by atoms with Gasteiger partial charge in [-0.15, -0.1) is 11.8 Å². The largest absolute Gasteiger partial charge is 0.313 e. The zero-order chi connectivity index (χ0) is 15.1. The van der Waals surface area contributed by atoms with E-state index in [1.165, 1.54) is 11.6 Å². The minimum Gasteiger partial charge on any atom is -0.313 e. The predicted molar refractivity (Wildman–Crippen MR) is 89.4 cm³/mol. The van der Waals surface area contributed by atoms with Crippen LogP contribution in [0.25, 0.3) is 0 Å². The number of nitrogens with one attached hydrogen (secondary N) is 1. The normalized spacial score (nSPS) is 10.8. The summed E-state index contributed by atoms with van der Waals surface area (Å²) < 4.78 is 13.4. The average molecular weight is 324 g/mol. The van der Waals surface area contributed by atoms with Crippen LogP contribution < -0.4 is 5.32 Å². The number of hydrogen-bond donors (Lipinski definition) is 1. The minimum absolute atomic E-state index is 0.227. The van der Waals surface area contributed by atoms with E-state index >= 15 is 0 Å². The van der Waals surface area contributed by atoms with Crippen molar-refractivity contribution >= 4 is 23.4 Å². The SMILES string of the molecule is CCCNCc1ccc(SCc2cccc(F)c2Cl)cc1. The molecule has 4 heteroatoms. The predicted octanol–water partition coefficient (Wildman–Crippen LogP) is 5.27. The molecule has 0 aliphatic rings. The number of hydrogen-bond acceptors (Lipinski definition) is 2. The molecule has 0 aliphatic heterocycles. The second-order valence-corrected chi connectivity index (χ2v) is 6.25. The highest BCUT2D eigenvalue weighted by Crippen LogP contribution is 2.28. The lowest BCUT2D eigenvalue weighted by Gasteiger charge is -2.07. The summed E-state index contributed by atoms with van der Waals surface area (Å²) in [4.78, 5) is 1.16. The Kier molecular flexibility index (Phi) is 6.55. The summed E-state index contributed by atoms with van der Waals surface area (Å²) in [5, 5.41) is 3.60. The van der Waals surface area contributed by atoms with Crippen molar-refractivity contribution in [2.45, 2.75) is 30.5 Å². The molecule has 2 aromatic carbocycles. The van der Waals surface area contributed by atoms with Gasteiger partial charge in [-0.05, 0) is 42.3 Å². The van der Waals surface area contributed by atoms with Crippen LogP contribution in [0, 0.1) is 5.82 Å². The number of halogens is 2. The van der Waals surface area contributed by atoms with E-state index in [2.05, 4.69) is 36.5 Å². The van der Waals surface area contributed by atoms with Crippen LogP contribution in [-0.4, -0.2) is 6.54 Å². The summed E-state index contributed by atoms with van der Waals surface area (Å²) in [6.07, 6.45) is 1.14. The van der Waals surface area contributed by atoms with Crippen molar-refractivity contribution in [3.63, 3.8) is 0 Å². The molecule has 0 aromatic heterocycles. The Bertz CT molecular complexity index is 572. The Morgan fingerprint density at radius 1 is 1.14 bits per heavy atom. The van der Waals surface area contributed by atoms with Crippen LogP contribution >= 0.6 is 23.4 Å². The van der Waals surface area contributed by atoms with Gasteiger partial charge in [-0.25, -0.2) is 4.39 Å². The quantitative estimate of drug-likeness (QED) is 0.550. The van der Waals surface area contributed by atoms with Gasteiger partial charge < -0.3 is 5.32 Å².